The second-order valence-electron chi connectivity index (χ2n) is 3.96. The molecule has 0 aromatic carbocycles. The van der Waals surface area contributed by atoms with E-state index in [9.17, 15) is 9.59 Å². The fourth-order valence-electron chi connectivity index (χ4n) is 1.02. The van der Waals surface area contributed by atoms with E-state index in [-0.39, 0.29) is 0 Å². The Labute approximate surface area is 103 Å². The summed E-state index contributed by atoms with van der Waals surface area (Å²) in [6.07, 6.45) is 0. The summed E-state index contributed by atoms with van der Waals surface area (Å²) >= 11 is 0.979. The van der Waals surface area contributed by atoms with Gasteiger partial charge in [0.1, 0.15) is 10.4 Å². The summed E-state index contributed by atoms with van der Waals surface area (Å²) in [6, 6.07) is 1.49. The maximum Gasteiger partial charge on any atom is 0.329 e. The molecule has 0 atom stereocenters. The molecule has 0 saturated carbocycles. The molecule has 0 radical (unpaired) electrons. The number of carbonyl (C=O) groups excluding carboxylic acids is 1. The number of aromatic nitrogens is 1. The standard InChI is InChI=1S/C10H14N2O4S/c1-10(2,9(14)15)12(3)8(13)6-5-7(16-4)11-17-6/h5H,1-4H3,(H,14,15). The van der Waals surface area contributed by atoms with Crippen molar-refractivity contribution in [2.75, 3.05) is 14.2 Å². The van der Waals surface area contributed by atoms with Gasteiger partial charge < -0.3 is 14.7 Å². The topological polar surface area (TPSA) is 79.7 Å². The fourth-order valence-corrected chi connectivity index (χ4v) is 1.70. The van der Waals surface area contributed by atoms with Crippen LogP contribution in [-0.4, -0.2) is 46.0 Å². The van der Waals surface area contributed by atoms with Gasteiger partial charge in [-0.15, -0.1) is 0 Å². The molecule has 1 aromatic heterocycles. The average Bonchev–Trinajstić information content (AvgIpc) is 2.75. The summed E-state index contributed by atoms with van der Waals surface area (Å²) in [7, 11) is 2.90. The van der Waals surface area contributed by atoms with Crippen LogP contribution in [0, 0.1) is 0 Å². The number of ether oxygens (including phenoxy) is 1. The zero-order valence-corrected chi connectivity index (χ0v) is 10.9. The van der Waals surface area contributed by atoms with Gasteiger partial charge in [-0.2, -0.15) is 4.37 Å². The molecule has 1 rings (SSSR count). The molecular formula is C10H14N2O4S. The molecule has 0 bridgehead atoms. The number of amides is 1. The largest absolute Gasteiger partial charge is 0.480 e. The highest BCUT2D eigenvalue weighted by molar-refractivity contribution is 7.08. The second-order valence-corrected chi connectivity index (χ2v) is 4.77. The smallest absolute Gasteiger partial charge is 0.329 e. The van der Waals surface area contributed by atoms with E-state index in [1.54, 1.807) is 0 Å². The lowest BCUT2D eigenvalue weighted by atomic mass is 10.0. The molecule has 17 heavy (non-hydrogen) atoms. The Morgan fingerprint density at radius 2 is 2.12 bits per heavy atom. The van der Waals surface area contributed by atoms with Crippen LogP contribution in [0.4, 0.5) is 0 Å². The molecule has 0 aliphatic rings. The van der Waals surface area contributed by atoms with Gasteiger partial charge in [0.25, 0.3) is 5.91 Å². The van der Waals surface area contributed by atoms with Crippen molar-refractivity contribution >= 4 is 23.4 Å². The first kappa shape index (κ1) is 13.4. The van der Waals surface area contributed by atoms with E-state index in [1.807, 2.05) is 0 Å². The number of methoxy groups -OCH3 is 1. The van der Waals surface area contributed by atoms with Crippen LogP contribution in [0.3, 0.4) is 0 Å². The van der Waals surface area contributed by atoms with Gasteiger partial charge in [-0.1, -0.05) is 0 Å². The van der Waals surface area contributed by atoms with Crippen molar-refractivity contribution in [2.24, 2.45) is 0 Å². The maximum atomic E-state index is 12.0. The van der Waals surface area contributed by atoms with Crippen molar-refractivity contribution in [3.8, 4) is 5.88 Å². The molecule has 94 valence electrons. The molecule has 1 heterocycles. The number of carbonyl (C=O) groups is 2. The number of rotatable bonds is 4. The van der Waals surface area contributed by atoms with Crippen molar-refractivity contribution in [3.05, 3.63) is 10.9 Å². The number of nitrogens with zero attached hydrogens (tertiary/aromatic N) is 2. The van der Waals surface area contributed by atoms with Crippen LogP contribution in [0.1, 0.15) is 23.5 Å². The predicted molar refractivity (Wildman–Crippen MR) is 62.5 cm³/mol. The third-order valence-electron chi connectivity index (χ3n) is 2.57. The van der Waals surface area contributed by atoms with Gasteiger partial charge in [-0.05, 0) is 25.4 Å². The first-order valence-corrected chi connectivity index (χ1v) is 5.60. The van der Waals surface area contributed by atoms with Gasteiger partial charge >= 0.3 is 5.97 Å². The summed E-state index contributed by atoms with van der Waals surface area (Å²) in [4.78, 5) is 24.5. The lowest BCUT2D eigenvalue weighted by Crippen LogP contribution is -2.50. The molecular weight excluding hydrogens is 244 g/mol. The molecule has 0 aliphatic heterocycles. The minimum atomic E-state index is -1.27. The first-order valence-electron chi connectivity index (χ1n) is 4.83. The summed E-state index contributed by atoms with van der Waals surface area (Å²) in [5.74, 6) is -1.11. The maximum absolute atomic E-state index is 12.0. The average molecular weight is 258 g/mol. The minimum absolute atomic E-state index is 0.346. The van der Waals surface area contributed by atoms with E-state index in [4.69, 9.17) is 9.84 Å². The van der Waals surface area contributed by atoms with Gasteiger partial charge in [-0.25, -0.2) is 4.79 Å². The number of carboxylic acid groups (broad SMARTS) is 1. The van der Waals surface area contributed by atoms with E-state index in [1.165, 1.54) is 39.0 Å². The monoisotopic (exact) mass is 258 g/mol. The summed E-state index contributed by atoms with van der Waals surface area (Å²) < 4.78 is 8.76. The first-order chi connectivity index (χ1) is 7.80. The van der Waals surface area contributed by atoms with Crippen molar-refractivity contribution in [3.63, 3.8) is 0 Å². The minimum Gasteiger partial charge on any atom is -0.480 e. The lowest BCUT2D eigenvalue weighted by molar-refractivity contribution is -0.147. The fraction of sp³-hybridized carbons (Fsp3) is 0.500. The van der Waals surface area contributed by atoms with E-state index < -0.39 is 17.4 Å². The number of aliphatic carboxylic acids is 1. The predicted octanol–water partition coefficient (Wildman–Crippen LogP) is 1.09. The zero-order chi connectivity index (χ0) is 13.2. The van der Waals surface area contributed by atoms with E-state index >= 15 is 0 Å². The van der Waals surface area contributed by atoms with Crippen LogP contribution >= 0.6 is 11.5 Å². The molecule has 1 amide bonds. The quantitative estimate of drug-likeness (QED) is 0.874. The summed E-state index contributed by atoms with van der Waals surface area (Å²) in [5, 5.41) is 9.03. The summed E-state index contributed by atoms with van der Waals surface area (Å²) in [5.41, 5.74) is -1.27. The molecule has 0 unspecified atom stereocenters. The molecule has 6 nitrogen and oxygen atoms in total. The van der Waals surface area contributed by atoms with Gasteiger partial charge in [-0.3, -0.25) is 4.79 Å². The van der Waals surface area contributed by atoms with Crippen molar-refractivity contribution in [1.29, 1.82) is 0 Å². The molecule has 1 N–H and O–H groups in total. The van der Waals surface area contributed by atoms with Crippen LogP contribution in [0.2, 0.25) is 0 Å². The highest BCUT2D eigenvalue weighted by atomic mass is 32.1. The Kier molecular flexibility index (Phi) is 3.72. The molecule has 0 fully saturated rings. The van der Waals surface area contributed by atoms with E-state index in [0.717, 1.165) is 11.5 Å². The number of likely N-dealkylation sites (N-methyl/N-ethyl adjacent to an activating group) is 1. The molecule has 1 aromatic rings. The Morgan fingerprint density at radius 3 is 2.53 bits per heavy atom. The van der Waals surface area contributed by atoms with Crippen LogP contribution in [0.25, 0.3) is 0 Å². The van der Waals surface area contributed by atoms with Crippen molar-refractivity contribution in [2.45, 2.75) is 19.4 Å². The Morgan fingerprint density at radius 1 is 1.53 bits per heavy atom. The van der Waals surface area contributed by atoms with Gasteiger partial charge in [0.15, 0.2) is 0 Å². The highest BCUT2D eigenvalue weighted by Gasteiger charge is 2.36. The van der Waals surface area contributed by atoms with Gasteiger partial charge in [0.05, 0.1) is 7.11 Å². The Balaban J connectivity index is 2.94. The number of hydrogen-bond donors (Lipinski definition) is 1. The third kappa shape index (κ3) is 2.55. The van der Waals surface area contributed by atoms with E-state index in [0.29, 0.717) is 10.8 Å². The number of hydrogen-bond acceptors (Lipinski definition) is 5. The summed E-state index contributed by atoms with van der Waals surface area (Å²) in [6.45, 7) is 2.93. The van der Waals surface area contributed by atoms with Gasteiger partial charge in [0, 0.05) is 13.1 Å². The van der Waals surface area contributed by atoms with E-state index in [2.05, 4.69) is 4.37 Å². The van der Waals surface area contributed by atoms with Gasteiger partial charge in [0.2, 0.25) is 5.88 Å². The second kappa shape index (κ2) is 4.70. The van der Waals surface area contributed by atoms with Crippen LogP contribution in [0.5, 0.6) is 5.88 Å². The normalized spacial score (nSPS) is 11.1. The SMILES string of the molecule is COc1cc(C(=O)N(C)C(C)(C)C(=O)O)sn1. The van der Waals surface area contributed by atoms with Crippen LogP contribution in [0.15, 0.2) is 6.07 Å². The molecule has 7 heteroatoms. The van der Waals surface area contributed by atoms with Crippen LogP contribution < -0.4 is 4.74 Å². The third-order valence-corrected chi connectivity index (χ3v) is 3.34. The number of carboxylic acids is 1. The highest BCUT2D eigenvalue weighted by Crippen LogP contribution is 2.21. The Hall–Kier alpha value is -1.63. The van der Waals surface area contributed by atoms with Crippen LogP contribution in [-0.2, 0) is 4.79 Å². The van der Waals surface area contributed by atoms with Crippen molar-refractivity contribution in [1.82, 2.24) is 9.27 Å². The lowest BCUT2D eigenvalue weighted by Gasteiger charge is -2.30. The Bertz CT molecular complexity index is 441. The molecule has 0 aliphatic carbocycles. The zero-order valence-electron chi connectivity index (χ0n) is 10.1. The molecule has 0 spiro atoms. The van der Waals surface area contributed by atoms with Crippen molar-refractivity contribution < 1.29 is 19.4 Å². The molecule has 0 saturated heterocycles.